The normalized spacial score (nSPS) is 20.8. The van der Waals surface area contributed by atoms with Crippen LogP contribution >= 0.6 is 11.8 Å². The number of aromatic nitrogens is 2. The smallest absolute Gasteiger partial charge is 0.356 e. The Labute approximate surface area is 97.9 Å². The second kappa shape index (κ2) is 4.69. The number of carbonyl (C=O) groups is 1. The van der Waals surface area contributed by atoms with Crippen LogP contribution in [0.25, 0.3) is 0 Å². The van der Waals surface area contributed by atoms with E-state index >= 15 is 0 Å². The average Bonchev–Trinajstić information content (AvgIpc) is 2.29. The molecule has 0 amide bonds. The molecule has 1 aromatic heterocycles. The van der Waals surface area contributed by atoms with Crippen molar-refractivity contribution in [2.24, 2.45) is 0 Å². The molecule has 6 heteroatoms. The fourth-order valence-corrected chi connectivity index (χ4v) is 2.63. The third-order valence-corrected chi connectivity index (χ3v) is 3.56. The van der Waals surface area contributed by atoms with Crippen LogP contribution < -0.4 is 4.90 Å². The van der Waals surface area contributed by atoms with Crippen molar-refractivity contribution in [3.63, 3.8) is 0 Å². The van der Waals surface area contributed by atoms with Gasteiger partial charge in [-0.15, -0.1) is 0 Å². The first-order valence-corrected chi connectivity index (χ1v) is 6.13. The van der Waals surface area contributed by atoms with E-state index in [4.69, 9.17) is 5.11 Å². The molecule has 1 N–H and O–H groups in total. The molecule has 5 nitrogen and oxygen atoms in total. The van der Waals surface area contributed by atoms with Gasteiger partial charge in [-0.05, 0) is 0 Å². The highest BCUT2D eigenvalue weighted by Crippen LogP contribution is 2.21. The minimum atomic E-state index is -1.04. The number of rotatable bonds is 2. The van der Waals surface area contributed by atoms with Gasteiger partial charge in [0, 0.05) is 24.1 Å². The Bertz CT molecular complexity index is 382. The Morgan fingerprint density at radius 1 is 1.56 bits per heavy atom. The van der Waals surface area contributed by atoms with Gasteiger partial charge in [0.05, 0.1) is 12.4 Å². The topological polar surface area (TPSA) is 66.3 Å². The summed E-state index contributed by atoms with van der Waals surface area (Å²) < 4.78 is 0. The molecule has 1 unspecified atom stereocenters. The molecule has 1 atom stereocenters. The molecule has 0 saturated carbocycles. The van der Waals surface area contributed by atoms with Gasteiger partial charge < -0.3 is 10.0 Å². The van der Waals surface area contributed by atoms with Crippen LogP contribution in [-0.2, 0) is 0 Å². The quantitative estimate of drug-likeness (QED) is 0.834. The fraction of sp³-hybridized carbons (Fsp3) is 0.500. The lowest BCUT2D eigenvalue weighted by atomic mass is 10.3. The summed E-state index contributed by atoms with van der Waals surface area (Å²) in [6.45, 7) is 4.05. The monoisotopic (exact) mass is 239 g/mol. The van der Waals surface area contributed by atoms with Crippen molar-refractivity contribution < 1.29 is 9.90 Å². The largest absolute Gasteiger partial charge is 0.476 e. The third kappa shape index (κ3) is 2.44. The highest BCUT2D eigenvalue weighted by molar-refractivity contribution is 8.00. The highest BCUT2D eigenvalue weighted by Gasteiger charge is 2.18. The van der Waals surface area contributed by atoms with Gasteiger partial charge in [-0.1, -0.05) is 6.92 Å². The second-order valence-corrected chi connectivity index (χ2v) is 5.24. The molecular formula is C10H13N3O2S. The molecule has 0 radical (unpaired) electrons. The van der Waals surface area contributed by atoms with E-state index in [1.807, 2.05) is 11.8 Å². The summed E-state index contributed by atoms with van der Waals surface area (Å²) in [5, 5.41) is 9.29. The molecule has 0 aliphatic carbocycles. The lowest BCUT2D eigenvalue weighted by molar-refractivity contribution is 0.0690. The van der Waals surface area contributed by atoms with Crippen molar-refractivity contribution in [2.45, 2.75) is 12.2 Å². The number of thioether (sulfide) groups is 1. The summed E-state index contributed by atoms with van der Waals surface area (Å²) in [4.78, 5) is 20.8. The van der Waals surface area contributed by atoms with E-state index in [-0.39, 0.29) is 5.69 Å². The van der Waals surface area contributed by atoms with Gasteiger partial charge in [-0.2, -0.15) is 11.8 Å². The van der Waals surface area contributed by atoms with Gasteiger partial charge in [0.25, 0.3) is 0 Å². The predicted molar refractivity (Wildman–Crippen MR) is 63.1 cm³/mol. The zero-order valence-electron chi connectivity index (χ0n) is 8.96. The van der Waals surface area contributed by atoms with Crippen LogP contribution in [0.1, 0.15) is 17.4 Å². The van der Waals surface area contributed by atoms with E-state index in [0.29, 0.717) is 5.25 Å². The molecule has 86 valence electrons. The zero-order chi connectivity index (χ0) is 11.5. The number of anilines is 1. The minimum absolute atomic E-state index is 0.0109. The number of carboxylic acids is 1. The molecular weight excluding hydrogens is 226 g/mol. The lowest BCUT2D eigenvalue weighted by Gasteiger charge is -2.31. The van der Waals surface area contributed by atoms with E-state index in [1.165, 1.54) is 12.4 Å². The van der Waals surface area contributed by atoms with Crippen LogP contribution in [0.3, 0.4) is 0 Å². The van der Waals surface area contributed by atoms with Crippen molar-refractivity contribution >= 4 is 23.5 Å². The first-order valence-electron chi connectivity index (χ1n) is 5.08. The maximum Gasteiger partial charge on any atom is 0.356 e. The van der Waals surface area contributed by atoms with Crippen LogP contribution in [0, 0.1) is 0 Å². The molecule has 0 bridgehead atoms. The number of hydrogen-bond donors (Lipinski definition) is 1. The van der Waals surface area contributed by atoms with Crippen LogP contribution in [0.4, 0.5) is 5.82 Å². The summed E-state index contributed by atoms with van der Waals surface area (Å²) in [6.07, 6.45) is 2.84. The van der Waals surface area contributed by atoms with Crippen LogP contribution in [0.2, 0.25) is 0 Å². The summed E-state index contributed by atoms with van der Waals surface area (Å²) >= 11 is 1.94. The Hall–Kier alpha value is -1.30. The van der Waals surface area contributed by atoms with Crippen molar-refractivity contribution in [1.29, 1.82) is 0 Å². The standard InChI is InChI=1S/C10H13N3O2S/c1-7-6-13(2-3-16-7)9-5-11-8(4-12-9)10(14)15/h4-5,7H,2-3,6H2,1H3,(H,14,15). The molecule has 1 saturated heterocycles. The Kier molecular flexibility index (Phi) is 3.28. The van der Waals surface area contributed by atoms with Crippen molar-refractivity contribution in [2.75, 3.05) is 23.7 Å². The maximum absolute atomic E-state index is 10.6. The van der Waals surface area contributed by atoms with Crippen LogP contribution in [-0.4, -0.2) is 45.1 Å². The molecule has 2 rings (SSSR count). The van der Waals surface area contributed by atoms with Gasteiger partial charge in [-0.3, -0.25) is 0 Å². The van der Waals surface area contributed by atoms with E-state index in [9.17, 15) is 4.79 Å². The van der Waals surface area contributed by atoms with Gasteiger partial charge in [0.15, 0.2) is 5.69 Å². The molecule has 0 aromatic carbocycles. The number of aromatic carboxylic acids is 1. The first-order chi connectivity index (χ1) is 7.66. The van der Waals surface area contributed by atoms with Crippen molar-refractivity contribution in [3.8, 4) is 0 Å². The average molecular weight is 239 g/mol. The highest BCUT2D eigenvalue weighted by atomic mass is 32.2. The summed E-state index contributed by atoms with van der Waals surface area (Å²) in [6, 6.07) is 0. The Balaban J connectivity index is 2.11. The first kappa shape index (κ1) is 11.2. The van der Waals surface area contributed by atoms with E-state index in [1.54, 1.807) is 0 Å². The summed E-state index contributed by atoms with van der Waals surface area (Å²) in [5.74, 6) is 0.794. The lowest BCUT2D eigenvalue weighted by Crippen LogP contribution is -2.37. The van der Waals surface area contributed by atoms with Gasteiger partial charge in [0.2, 0.25) is 0 Å². The zero-order valence-corrected chi connectivity index (χ0v) is 9.78. The van der Waals surface area contributed by atoms with Gasteiger partial charge >= 0.3 is 5.97 Å². The summed E-state index contributed by atoms with van der Waals surface area (Å²) in [7, 11) is 0. The van der Waals surface area contributed by atoms with Gasteiger partial charge in [-0.25, -0.2) is 14.8 Å². The maximum atomic E-state index is 10.6. The van der Waals surface area contributed by atoms with E-state index < -0.39 is 5.97 Å². The Morgan fingerprint density at radius 3 is 2.94 bits per heavy atom. The van der Waals surface area contributed by atoms with Crippen molar-refractivity contribution in [1.82, 2.24) is 9.97 Å². The minimum Gasteiger partial charge on any atom is -0.476 e. The number of nitrogens with zero attached hydrogens (tertiary/aromatic N) is 3. The number of hydrogen-bond acceptors (Lipinski definition) is 5. The molecule has 1 fully saturated rings. The van der Waals surface area contributed by atoms with E-state index in [0.717, 1.165) is 24.7 Å². The van der Waals surface area contributed by atoms with Crippen LogP contribution in [0.5, 0.6) is 0 Å². The molecule has 1 aromatic rings. The third-order valence-electron chi connectivity index (χ3n) is 2.42. The molecule has 1 aliphatic heterocycles. The van der Waals surface area contributed by atoms with Crippen LogP contribution in [0.15, 0.2) is 12.4 Å². The number of carboxylic acid groups (broad SMARTS) is 1. The molecule has 1 aliphatic rings. The second-order valence-electron chi connectivity index (χ2n) is 3.69. The van der Waals surface area contributed by atoms with Crippen molar-refractivity contribution in [3.05, 3.63) is 18.1 Å². The molecule has 2 heterocycles. The molecule has 0 spiro atoms. The predicted octanol–water partition coefficient (Wildman–Crippen LogP) is 1.12. The summed E-state index contributed by atoms with van der Waals surface area (Å²) in [5.41, 5.74) is -0.0109. The Morgan fingerprint density at radius 2 is 2.38 bits per heavy atom. The van der Waals surface area contributed by atoms with E-state index in [2.05, 4.69) is 21.8 Å². The fourth-order valence-electron chi connectivity index (χ4n) is 1.62. The molecule has 16 heavy (non-hydrogen) atoms. The van der Waals surface area contributed by atoms with Gasteiger partial charge in [0.1, 0.15) is 5.82 Å². The SMILES string of the molecule is CC1CN(c2cnc(C(=O)O)cn2)CCS1.